The smallest absolute Gasteiger partial charge is 0.286 e. The number of rotatable bonds is 9. The first-order valence-corrected chi connectivity index (χ1v) is 11.3. The minimum Gasteiger partial charge on any atom is -0.352 e. The van der Waals surface area contributed by atoms with Crippen molar-refractivity contribution in [3.05, 3.63) is 39.8 Å². The third kappa shape index (κ3) is 6.58. The molecule has 8 nitrogen and oxygen atoms in total. The van der Waals surface area contributed by atoms with Gasteiger partial charge in [-0.3, -0.25) is 9.59 Å². The summed E-state index contributed by atoms with van der Waals surface area (Å²) in [6, 6.07) is 6.95. The van der Waals surface area contributed by atoms with E-state index in [2.05, 4.69) is 44.6 Å². The molecule has 0 atom stereocenters. The van der Waals surface area contributed by atoms with Crippen LogP contribution in [0.1, 0.15) is 44.9 Å². The number of benzene rings is 1. The van der Waals surface area contributed by atoms with Crippen LogP contribution in [0.2, 0.25) is 0 Å². The quantitative estimate of drug-likeness (QED) is 0.592. The minimum absolute atomic E-state index is 0.134. The number of likely N-dealkylation sites (N-methyl/N-ethyl adjacent to an activating group) is 1. The highest BCUT2D eigenvalue weighted by atomic mass is 32.1. The van der Waals surface area contributed by atoms with Crippen molar-refractivity contribution >= 4 is 28.8 Å². The van der Waals surface area contributed by atoms with E-state index in [0.29, 0.717) is 22.8 Å². The average molecular weight is 431 g/mol. The predicted molar refractivity (Wildman–Crippen MR) is 119 cm³/mol. The Morgan fingerprint density at radius 2 is 1.93 bits per heavy atom. The van der Waals surface area contributed by atoms with Crippen molar-refractivity contribution in [2.24, 2.45) is 0 Å². The highest BCUT2D eigenvalue weighted by Crippen LogP contribution is 2.16. The monoisotopic (exact) mass is 430 g/mol. The van der Waals surface area contributed by atoms with Gasteiger partial charge in [-0.25, -0.2) is 0 Å². The van der Waals surface area contributed by atoms with Gasteiger partial charge in [-0.15, -0.1) is 10.2 Å². The van der Waals surface area contributed by atoms with Crippen LogP contribution >= 0.6 is 11.3 Å². The SMILES string of the molecule is CCCc1nnc(C(=O)Nc2cccc(C(=O)NCCCN3CCN(C)CC3)c2)s1. The van der Waals surface area contributed by atoms with Crippen molar-refractivity contribution in [3.63, 3.8) is 0 Å². The van der Waals surface area contributed by atoms with Gasteiger partial charge in [-0.2, -0.15) is 0 Å². The number of piperazine rings is 1. The topological polar surface area (TPSA) is 90.5 Å². The first-order chi connectivity index (χ1) is 14.5. The van der Waals surface area contributed by atoms with Crippen LogP contribution in [0.4, 0.5) is 5.69 Å². The molecule has 2 aromatic rings. The molecule has 0 radical (unpaired) electrons. The minimum atomic E-state index is -0.306. The largest absolute Gasteiger partial charge is 0.352 e. The van der Waals surface area contributed by atoms with Gasteiger partial charge < -0.3 is 20.4 Å². The molecule has 2 amide bonds. The van der Waals surface area contributed by atoms with E-state index >= 15 is 0 Å². The fraction of sp³-hybridized carbons (Fsp3) is 0.524. The zero-order chi connectivity index (χ0) is 21.3. The molecule has 1 aromatic heterocycles. The Labute approximate surface area is 181 Å². The van der Waals surface area contributed by atoms with Crippen molar-refractivity contribution in [2.75, 3.05) is 51.6 Å². The summed E-state index contributed by atoms with van der Waals surface area (Å²) in [5.74, 6) is -0.440. The molecule has 1 aliphatic heterocycles. The Balaban J connectivity index is 1.45. The van der Waals surface area contributed by atoms with E-state index in [1.54, 1.807) is 24.3 Å². The molecule has 162 valence electrons. The second-order valence-electron chi connectivity index (χ2n) is 7.54. The van der Waals surface area contributed by atoms with Crippen LogP contribution in [0.25, 0.3) is 0 Å². The maximum Gasteiger partial charge on any atom is 0.286 e. The number of hydrogen-bond acceptors (Lipinski definition) is 7. The standard InChI is InChI=1S/C21H30N6O2S/c1-3-6-18-24-25-21(30-18)20(29)23-17-8-4-7-16(15-17)19(28)22-9-5-10-27-13-11-26(2)12-14-27/h4,7-8,15H,3,5-6,9-14H2,1-2H3,(H,22,28)(H,23,29). The molecule has 1 aliphatic rings. The van der Waals surface area contributed by atoms with Crippen LogP contribution in [-0.4, -0.2) is 78.1 Å². The summed E-state index contributed by atoms with van der Waals surface area (Å²) in [7, 11) is 2.14. The summed E-state index contributed by atoms with van der Waals surface area (Å²) < 4.78 is 0. The number of aryl methyl sites for hydroxylation is 1. The molecule has 30 heavy (non-hydrogen) atoms. The molecular weight excluding hydrogens is 400 g/mol. The van der Waals surface area contributed by atoms with Crippen LogP contribution in [0.5, 0.6) is 0 Å². The van der Waals surface area contributed by atoms with Crippen molar-refractivity contribution in [1.29, 1.82) is 0 Å². The Kier molecular flexibility index (Phi) is 8.30. The Hall–Kier alpha value is -2.36. The van der Waals surface area contributed by atoms with E-state index in [0.717, 1.165) is 57.0 Å². The lowest BCUT2D eigenvalue weighted by molar-refractivity contribution is 0.0948. The van der Waals surface area contributed by atoms with E-state index in [1.807, 2.05) is 0 Å². The Bertz CT molecular complexity index is 848. The second kappa shape index (κ2) is 11.1. The fourth-order valence-corrected chi connectivity index (χ4v) is 4.10. The first-order valence-electron chi connectivity index (χ1n) is 10.5. The van der Waals surface area contributed by atoms with Gasteiger partial charge in [0.05, 0.1) is 0 Å². The third-order valence-corrected chi connectivity index (χ3v) is 6.02. The van der Waals surface area contributed by atoms with Gasteiger partial charge in [0.25, 0.3) is 11.8 Å². The van der Waals surface area contributed by atoms with E-state index in [4.69, 9.17) is 0 Å². The Morgan fingerprint density at radius 3 is 2.70 bits per heavy atom. The third-order valence-electron chi connectivity index (χ3n) is 5.04. The number of aromatic nitrogens is 2. The number of amides is 2. The van der Waals surface area contributed by atoms with Crippen LogP contribution < -0.4 is 10.6 Å². The molecule has 2 heterocycles. The predicted octanol–water partition coefficient (Wildman–Crippen LogP) is 2.11. The molecule has 1 aromatic carbocycles. The fourth-order valence-electron chi connectivity index (χ4n) is 3.26. The van der Waals surface area contributed by atoms with E-state index in [9.17, 15) is 9.59 Å². The summed E-state index contributed by atoms with van der Waals surface area (Å²) in [5, 5.41) is 14.9. The molecule has 3 rings (SSSR count). The lowest BCUT2D eigenvalue weighted by Crippen LogP contribution is -2.45. The summed E-state index contributed by atoms with van der Waals surface area (Å²) in [6.07, 6.45) is 2.70. The van der Waals surface area contributed by atoms with Gasteiger partial charge in [0, 0.05) is 50.4 Å². The summed E-state index contributed by atoms with van der Waals surface area (Å²) in [4.78, 5) is 29.6. The molecule has 0 spiro atoms. The average Bonchev–Trinajstić information content (AvgIpc) is 3.22. The van der Waals surface area contributed by atoms with Crippen LogP contribution in [0, 0.1) is 0 Å². The van der Waals surface area contributed by atoms with Crippen LogP contribution in [-0.2, 0) is 6.42 Å². The zero-order valence-corrected chi connectivity index (χ0v) is 18.5. The molecule has 0 saturated carbocycles. The summed E-state index contributed by atoms with van der Waals surface area (Å²) in [5.41, 5.74) is 1.09. The van der Waals surface area contributed by atoms with Gasteiger partial charge in [0.1, 0.15) is 5.01 Å². The molecule has 0 bridgehead atoms. The van der Waals surface area contributed by atoms with Crippen molar-refractivity contribution in [1.82, 2.24) is 25.3 Å². The van der Waals surface area contributed by atoms with E-state index in [1.165, 1.54) is 11.3 Å². The highest BCUT2D eigenvalue weighted by Gasteiger charge is 2.15. The van der Waals surface area contributed by atoms with Gasteiger partial charge >= 0.3 is 0 Å². The van der Waals surface area contributed by atoms with Crippen molar-refractivity contribution in [3.8, 4) is 0 Å². The highest BCUT2D eigenvalue weighted by molar-refractivity contribution is 7.13. The normalized spacial score (nSPS) is 15.1. The second-order valence-corrected chi connectivity index (χ2v) is 8.60. The summed E-state index contributed by atoms with van der Waals surface area (Å²) in [6.45, 7) is 8.05. The summed E-state index contributed by atoms with van der Waals surface area (Å²) >= 11 is 1.30. The first kappa shape index (κ1) is 22.3. The molecule has 0 aliphatic carbocycles. The lowest BCUT2D eigenvalue weighted by atomic mass is 10.2. The van der Waals surface area contributed by atoms with E-state index in [-0.39, 0.29) is 11.8 Å². The molecule has 1 fully saturated rings. The van der Waals surface area contributed by atoms with Crippen LogP contribution in [0.15, 0.2) is 24.3 Å². The maximum absolute atomic E-state index is 12.5. The number of nitrogens with zero attached hydrogens (tertiary/aromatic N) is 4. The molecule has 9 heteroatoms. The van der Waals surface area contributed by atoms with Gasteiger partial charge in [-0.05, 0) is 44.6 Å². The number of nitrogens with one attached hydrogen (secondary N) is 2. The zero-order valence-electron chi connectivity index (χ0n) is 17.7. The Morgan fingerprint density at radius 1 is 1.13 bits per heavy atom. The molecule has 0 unspecified atom stereocenters. The van der Waals surface area contributed by atoms with Crippen LogP contribution in [0.3, 0.4) is 0 Å². The lowest BCUT2D eigenvalue weighted by Gasteiger charge is -2.32. The number of anilines is 1. The van der Waals surface area contributed by atoms with Gasteiger partial charge in [0.2, 0.25) is 5.01 Å². The number of carbonyl (C=O) groups is 2. The van der Waals surface area contributed by atoms with Gasteiger partial charge in [-0.1, -0.05) is 24.3 Å². The van der Waals surface area contributed by atoms with Crippen molar-refractivity contribution < 1.29 is 9.59 Å². The molecular formula is C21H30N6O2S. The number of carbonyl (C=O) groups excluding carboxylic acids is 2. The number of hydrogen-bond donors (Lipinski definition) is 2. The maximum atomic E-state index is 12.5. The molecule has 1 saturated heterocycles. The molecule has 2 N–H and O–H groups in total. The van der Waals surface area contributed by atoms with Crippen molar-refractivity contribution in [2.45, 2.75) is 26.2 Å². The van der Waals surface area contributed by atoms with Gasteiger partial charge in [0.15, 0.2) is 0 Å². The van der Waals surface area contributed by atoms with E-state index < -0.39 is 0 Å².